The average molecular weight is 241 g/mol. The molecule has 1 aliphatic rings. The van der Waals surface area contributed by atoms with Gasteiger partial charge in [0.2, 0.25) is 5.91 Å². The molecule has 0 unspecified atom stereocenters. The van der Waals surface area contributed by atoms with Crippen molar-refractivity contribution in [2.24, 2.45) is 5.92 Å². The summed E-state index contributed by atoms with van der Waals surface area (Å²) in [6, 6.07) is 0. The van der Waals surface area contributed by atoms with Crippen LogP contribution in [0.5, 0.6) is 0 Å². The first kappa shape index (κ1) is 14.5. The van der Waals surface area contributed by atoms with Crippen molar-refractivity contribution in [1.29, 1.82) is 0 Å². The lowest BCUT2D eigenvalue weighted by atomic mass is 9.94. The molecule has 100 valence electrons. The third-order valence-corrected chi connectivity index (χ3v) is 3.47. The first-order valence-corrected chi connectivity index (χ1v) is 6.88. The van der Waals surface area contributed by atoms with Crippen LogP contribution in [-0.4, -0.2) is 50.6 Å². The molecule has 0 aromatic rings. The van der Waals surface area contributed by atoms with Crippen molar-refractivity contribution in [3.05, 3.63) is 0 Å². The van der Waals surface area contributed by atoms with Crippen molar-refractivity contribution in [3.8, 4) is 0 Å². The zero-order chi connectivity index (χ0) is 12.5. The predicted molar refractivity (Wildman–Crippen MR) is 71.0 cm³/mol. The molecule has 1 saturated heterocycles. The molecular weight excluding hydrogens is 214 g/mol. The molecule has 0 radical (unpaired) electrons. The van der Waals surface area contributed by atoms with Crippen molar-refractivity contribution in [2.75, 3.05) is 39.8 Å². The second-order valence-electron chi connectivity index (χ2n) is 4.99. The monoisotopic (exact) mass is 241 g/mol. The van der Waals surface area contributed by atoms with E-state index in [1.54, 1.807) is 0 Å². The van der Waals surface area contributed by atoms with Gasteiger partial charge in [-0.15, -0.1) is 0 Å². The molecule has 1 heterocycles. The van der Waals surface area contributed by atoms with Crippen LogP contribution in [0.1, 0.15) is 32.6 Å². The van der Waals surface area contributed by atoms with E-state index >= 15 is 0 Å². The van der Waals surface area contributed by atoms with Crippen LogP contribution in [0.4, 0.5) is 0 Å². The largest absolute Gasteiger partial charge is 0.356 e. The molecule has 0 aromatic carbocycles. The fraction of sp³-hybridized carbons (Fsp3) is 0.923. The number of hydrogen-bond donors (Lipinski definition) is 2. The Bertz CT molecular complexity index is 215. The van der Waals surface area contributed by atoms with E-state index in [-0.39, 0.29) is 5.91 Å². The van der Waals surface area contributed by atoms with E-state index in [1.165, 1.54) is 32.4 Å². The van der Waals surface area contributed by atoms with Crippen LogP contribution in [0.25, 0.3) is 0 Å². The van der Waals surface area contributed by atoms with Gasteiger partial charge in [-0.3, -0.25) is 4.79 Å². The first-order chi connectivity index (χ1) is 8.22. The van der Waals surface area contributed by atoms with Crippen LogP contribution in [0.3, 0.4) is 0 Å². The summed E-state index contributed by atoms with van der Waals surface area (Å²) in [7, 11) is 2.11. The summed E-state index contributed by atoms with van der Waals surface area (Å²) in [5.41, 5.74) is 0. The quantitative estimate of drug-likeness (QED) is 0.694. The Balaban J connectivity index is 2.03. The number of hydrogen-bond acceptors (Lipinski definition) is 3. The van der Waals surface area contributed by atoms with Gasteiger partial charge in [-0.05, 0) is 58.8 Å². The molecular formula is C13H27N3O. The van der Waals surface area contributed by atoms with E-state index in [0.29, 0.717) is 6.42 Å². The molecule has 17 heavy (non-hydrogen) atoms. The second-order valence-corrected chi connectivity index (χ2v) is 4.99. The first-order valence-electron chi connectivity index (χ1n) is 6.88. The smallest absolute Gasteiger partial charge is 0.221 e. The summed E-state index contributed by atoms with van der Waals surface area (Å²) in [4.78, 5) is 13.6. The van der Waals surface area contributed by atoms with Crippen LogP contribution in [0.15, 0.2) is 0 Å². The zero-order valence-corrected chi connectivity index (χ0v) is 11.3. The van der Waals surface area contributed by atoms with Crippen molar-refractivity contribution >= 4 is 5.91 Å². The Hall–Kier alpha value is -0.610. The number of carbonyl (C=O) groups is 1. The maximum atomic E-state index is 11.3. The molecule has 1 rings (SSSR count). The standard InChI is InChI=1S/C13H27N3O/c1-3-15-13(17)7-11-16(2)10-6-12-4-8-14-9-5-12/h12,14H,3-11H2,1-2H3,(H,15,17). The minimum atomic E-state index is 0.168. The SMILES string of the molecule is CCNC(=O)CCN(C)CCC1CCNCC1. The Morgan fingerprint density at radius 1 is 1.35 bits per heavy atom. The summed E-state index contributed by atoms with van der Waals surface area (Å²) < 4.78 is 0. The number of nitrogens with zero attached hydrogens (tertiary/aromatic N) is 1. The molecule has 1 fully saturated rings. The van der Waals surface area contributed by atoms with Crippen molar-refractivity contribution in [3.63, 3.8) is 0 Å². The number of amides is 1. The summed E-state index contributed by atoms with van der Waals surface area (Å²) in [5, 5.41) is 6.22. The van der Waals surface area contributed by atoms with Crippen LogP contribution < -0.4 is 10.6 Å². The third-order valence-electron chi connectivity index (χ3n) is 3.47. The highest BCUT2D eigenvalue weighted by Gasteiger charge is 2.13. The molecule has 0 aliphatic carbocycles. The number of nitrogens with one attached hydrogen (secondary N) is 2. The van der Waals surface area contributed by atoms with Crippen LogP contribution in [0.2, 0.25) is 0 Å². The molecule has 4 nitrogen and oxygen atoms in total. The minimum Gasteiger partial charge on any atom is -0.356 e. The molecule has 0 saturated carbocycles. The van der Waals surface area contributed by atoms with E-state index in [2.05, 4.69) is 22.6 Å². The third kappa shape index (κ3) is 6.64. The van der Waals surface area contributed by atoms with Gasteiger partial charge in [0, 0.05) is 19.5 Å². The van der Waals surface area contributed by atoms with Crippen LogP contribution >= 0.6 is 0 Å². The number of rotatable bonds is 7. The molecule has 0 atom stereocenters. The summed E-state index contributed by atoms with van der Waals surface area (Å²) in [6.45, 7) is 7.03. The second kappa shape index (κ2) is 8.48. The molecule has 0 aromatic heterocycles. The van der Waals surface area contributed by atoms with Crippen molar-refractivity contribution in [2.45, 2.75) is 32.6 Å². The van der Waals surface area contributed by atoms with E-state index in [9.17, 15) is 4.79 Å². The normalized spacial score (nSPS) is 17.4. The molecule has 0 bridgehead atoms. The fourth-order valence-corrected chi connectivity index (χ4v) is 2.26. The minimum absolute atomic E-state index is 0.168. The van der Waals surface area contributed by atoms with Crippen LogP contribution in [0, 0.1) is 5.92 Å². The van der Waals surface area contributed by atoms with Gasteiger partial charge in [0.15, 0.2) is 0 Å². The maximum absolute atomic E-state index is 11.3. The highest BCUT2D eigenvalue weighted by molar-refractivity contribution is 5.75. The van der Waals surface area contributed by atoms with E-state index in [0.717, 1.165) is 25.6 Å². The van der Waals surface area contributed by atoms with Gasteiger partial charge in [-0.25, -0.2) is 0 Å². The highest BCUT2D eigenvalue weighted by atomic mass is 16.1. The van der Waals surface area contributed by atoms with Gasteiger partial charge >= 0.3 is 0 Å². The lowest BCUT2D eigenvalue weighted by Gasteiger charge is -2.25. The van der Waals surface area contributed by atoms with E-state index < -0.39 is 0 Å². The van der Waals surface area contributed by atoms with Gasteiger partial charge in [0.25, 0.3) is 0 Å². The Morgan fingerprint density at radius 3 is 2.71 bits per heavy atom. The fourth-order valence-electron chi connectivity index (χ4n) is 2.26. The summed E-state index contributed by atoms with van der Waals surface area (Å²) in [5.74, 6) is 1.05. The molecule has 2 N–H and O–H groups in total. The maximum Gasteiger partial charge on any atom is 0.221 e. The molecule has 1 amide bonds. The van der Waals surface area contributed by atoms with E-state index in [1.807, 2.05) is 6.92 Å². The average Bonchev–Trinajstić information content (AvgIpc) is 2.35. The molecule has 4 heteroatoms. The topological polar surface area (TPSA) is 44.4 Å². The Morgan fingerprint density at radius 2 is 2.06 bits per heavy atom. The Kier molecular flexibility index (Phi) is 7.21. The summed E-state index contributed by atoms with van der Waals surface area (Å²) >= 11 is 0. The van der Waals surface area contributed by atoms with Crippen LogP contribution in [-0.2, 0) is 4.79 Å². The summed E-state index contributed by atoms with van der Waals surface area (Å²) in [6.07, 6.45) is 4.51. The Labute approximate surface area is 105 Å². The predicted octanol–water partition coefficient (Wildman–Crippen LogP) is 0.834. The van der Waals surface area contributed by atoms with Crippen molar-refractivity contribution < 1.29 is 4.79 Å². The number of carbonyl (C=O) groups excluding carboxylic acids is 1. The van der Waals surface area contributed by atoms with Gasteiger partial charge in [0.1, 0.15) is 0 Å². The molecule has 1 aliphatic heterocycles. The lowest BCUT2D eigenvalue weighted by molar-refractivity contribution is -0.121. The van der Waals surface area contributed by atoms with E-state index in [4.69, 9.17) is 0 Å². The molecule has 0 spiro atoms. The van der Waals surface area contributed by atoms with Gasteiger partial charge in [-0.1, -0.05) is 0 Å². The van der Waals surface area contributed by atoms with Crippen molar-refractivity contribution in [1.82, 2.24) is 15.5 Å². The highest BCUT2D eigenvalue weighted by Crippen LogP contribution is 2.15. The lowest BCUT2D eigenvalue weighted by Crippen LogP contribution is -2.32. The van der Waals surface area contributed by atoms with Gasteiger partial charge < -0.3 is 15.5 Å². The zero-order valence-electron chi connectivity index (χ0n) is 11.3. The van der Waals surface area contributed by atoms with Gasteiger partial charge in [0.05, 0.1) is 0 Å². The van der Waals surface area contributed by atoms with Gasteiger partial charge in [-0.2, -0.15) is 0 Å². The number of piperidine rings is 1.